The Morgan fingerprint density at radius 2 is 2.12 bits per heavy atom. The van der Waals surface area contributed by atoms with Gasteiger partial charge in [-0.05, 0) is 50.3 Å². The maximum absolute atomic E-state index is 9.24. The Bertz CT molecular complexity index is 445. The number of benzene rings is 1. The highest BCUT2D eigenvalue weighted by atomic mass is 15.2. The minimum Gasteiger partial charge on any atom is -0.368 e. The van der Waals surface area contributed by atoms with Crippen molar-refractivity contribution in [2.45, 2.75) is 39.7 Å². The molecule has 0 radical (unpaired) electrons. The average molecular weight is 228 g/mol. The van der Waals surface area contributed by atoms with Crippen molar-refractivity contribution in [3.05, 3.63) is 29.3 Å². The average Bonchev–Trinajstić information content (AvgIpc) is 2.30. The van der Waals surface area contributed by atoms with E-state index in [0.29, 0.717) is 6.04 Å². The minimum atomic E-state index is 0.536. The van der Waals surface area contributed by atoms with Gasteiger partial charge in [0.05, 0.1) is 11.3 Å². The summed E-state index contributed by atoms with van der Waals surface area (Å²) < 4.78 is 0. The number of nitriles is 1. The Hall–Kier alpha value is -1.49. The lowest BCUT2D eigenvalue weighted by molar-refractivity contribution is 0.378. The first-order valence-corrected chi connectivity index (χ1v) is 6.39. The maximum Gasteiger partial charge on any atom is 0.101 e. The first kappa shape index (κ1) is 12.0. The molecule has 0 aromatic heterocycles. The number of piperidine rings is 1. The van der Waals surface area contributed by atoms with Crippen LogP contribution in [0.5, 0.6) is 0 Å². The molecule has 1 aliphatic heterocycles. The molecule has 2 unspecified atom stereocenters. The van der Waals surface area contributed by atoms with Gasteiger partial charge in [-0.25, -0.2) is 0 Å². The van der Waals surface area contributed by atoms with E-state index in [1.807, 2.05) is 13.0 Å². The van der Waals surface area contributed by atoms with Crippen LogP contribution in [-0.2, 0) is 0 Å². The summed E-state index contributed by atoms with van der Waals surface area (Å²) in [7, 11) is 0. The summed E-state index contributed by atoms with van der Waals surface area (Å²) in [5, 5.41) is 9.24. The van der Waals surface area contributed by atoms with Crippen LogP contribution in [0.3, 0.4) is 0 Å². The first-order valence-electron chi connectivity index (χ1n) is 6.39. The van der Waals surface area contributed by atoms with Gasteiger partial charge in [-0.2, -0.15) is 5.26 Å². The van der Waals surface area contributed by atoms with Crippen LogP contribution in [0.2, 0.25) is 0 Å². The van der Waals surface area contributed by atoms with Crippen LogP contribution in [-0.4, -0.2) is 12.6 Å². The predicted molar refractivity (Wildman–Crippen MR) is 71.1 cm³/mol. The standard InChI is InChI=1S/C15H20N2/c1-11-4-5-15(14(9-11)10-16)17-7-6-12(2)8-13(17)3/h4-5,9,12-13H,6-8H2,1-3H3. The summed E-state index contributed by atoms with van der Waals surface area (Å²) >= 11 is 0. The first-order chi connectivity index (χ1) is 8.11. The van der Waals surface area contributed by atoms with Crippen LogP contribution in [0.25, 0.3) is 0 Å². The van der Waals surface area contributed by atoms with Crippen molar-refractivity contribution in [3.8, 4) is 6.07 Å². The van der Waals surface area contributed by atoms with Crippen molar-refractivity contribution in [1.82, 2.24) is 0 Å². The molecule has 0 aliphatic carbocycles. The van der Waals surface area contributed by atoms with E-state index in [1.165, 1.54) is 12.8 Å². The molecule has 1 fully saturated rings. The monoisotopic (exact) mass is 228 g/mol. The molecular formula is C15H20N2. The third-order valence-electron chi connectivity index (χ3n) is 3.72. The molecular weight excluding hydrogens is 208 g/mol. The lowest BCUT2D eigenvalue weighted by Crippen LogP contribution is -2.40. The highest BCUT2D eigenvalue weighted by molar-refractivity contribution is 5.61. The molecule has 1 aromatic carbocycles. The van der Waals surface area contributed by atoms with Crippen LogP contribution in [0.4, 0.5) is 5.69 Å². The van der Waals surface area contributed by atoms with E-state index in [9.17, 15) is 5.26 Å². The van der Waals surface area contributed by atoms with Gasteiger partial charge in [0, 0.05) is 12.6 Å². The lowest BCUT2D eigenvalue weighted by Gasteiger charge is -2.38. The van der Waals surface area contributed by atoms with E-state index in [-0.39, 0.29) is 0 Å². The second-order valence-corrected chi connectivity index (χ2v) is 5.30. The Morgan fingerprint density at radius 1 is 1.35 bits per heavy atom. The summed E-state index contributed by atoms with van der Waals surface area (Å²) in [4.78, 5) is 2.39. The Morgan fingerprint density at radius 3 is 2.76 bits per heavy atom. The number of anilines is 1. The molecule has 2 atom stereocenters. The number of nitrogens with zero attached hydrogens (tertiary/aromatic N) is 2. The fourth-order valence-electron chi connectivity index (χ4n) is 2.76. The molecule has 2 nitrogen and oxygen atoms in total. The van der Waals surface area contributed by atoms with Crippen LogP contribution >= 0.6 is 0 Å². The predicted octanol–water partition coefficient (Wildman–Crippen LogP) is 3.49. The second-order valence-electron chi connectivity index (χ2n) is 5.30. The number of rotatable bonds is 1. The fraction of sp³-hybridized carbons (Fsp3) is 0.533. The zero-order chi connectivity index (χ0) is 12.4. The van der Waals surface area contributed by atoms with Gasteiger partial charge in [0.2, 0.25) is 0 Å². The molecule has 17 heavy (non-hydrogen) atoms. The van der Waals surface area contributed by atoms with E-state index in [2.05, 4.69) is 36.9 Å². The maximum atomic E-state index is 9.24. The third-order valence-corrected chi connectivity index (χ3v) is 3.72. The fourth-order valence-corrected chi connectivity index (χ4v) is 2.76. The van der Waals surface area contributed by atoms with E-state index >= 15 is 0 Å². The quantitative estimate of drug-likeness (QED) is 0.735. The molecule has 2 rings (SSSR count). The topological polar surface area (TPSA) is 27.0 Å². The van der Waals surface area contributed by atoms with Gasteiger partial charge in [0.15, 0.2) is 0 Å². The van der Waals surface area contributed by atoms with Crippen LogP contribution in [0.15, 0.2) is 18.2 Å². The van der Waals surface area contributed by atoms with E-state index in [4.69, 9.17) is 0 Å². The van der Waals surface area contributed by atoms with Crippen molar-refractivity contribution >= 4 is 5.69 Å². The lowest BCUT2D eigenvalue weighted by atomic mass is 9.92. The Labute approximate surface area is 104 Å². The van der Waals surface area contributed by atoms with E-state index in [1.54, 1.807) is 0 Å². The van der Waals surface area contributed by atoms with Crippen molar-refractivity contribution in [2.24, 2.45) is 5.92 Å². The summed E-state index contributed by atoms with van der Waals surface area (Å²) in [6.45, 7) is 7.68. The SMILES string of the molecule is Cc1ccc(N2CCC(C)CC2C)c(C#N)c1. The molecule has 1 heterocycles. The molecule has 0 bridgehead atoms. The Balaban J connectivity index is 2.31. The molecule has 0 saturated carbocycles. The van der Waals surface area contributed by atoms with Gasteiger partial charge >= 0.3 is 0 Å². The number of aryl methyl sites for hydroxylation is 1. The smallest absolute Gasteiger partial charge is 0.101 e. The molecule has 1 aromatic rings. The van der Waals surface area contributed by atoms with Gasteiger partial charge in [-0.1, -0.05) is 13.0 Å². The highest BCUT2D eigenvalue weighted by Gasteiger charge is 2.24. The zero-order valence-corrected chi connectivity index (χ0v) is 10.9. The van der Waals surface area contributed by atoms with Gasteiger partial charge < -0.3 is 4.90 Å². The Kier molecular flexibility index (Phi) is 3.38. The summed E-state index contributed by atoms with van der Waals surface area (Å²) in [6.07, 6.45) is 2.45. The molecule has 0 N–H and O–H groups in total. The van der Waals surface area contributed by atoms with Crippen LogP contribution in [0.1, 0.15) is 37.8 Å². The van der Waals surface area contributed by atoms with Crippen LogP contribution < -0.4 is 4.90 Å². The van der Waals surface area contributed by atoms with Crippen molar-refractivity contribution in [1.29, 1.82) is 5.26 Å². The van der Waals surface area contributed by atoms with Gasteiger partial charge in [0.1, 0.15) is 6.07 Å². The molecule has 1 saturated heterocycles. The van der Waals surface area contributed by atoms with E-state index < -0.39 is 0 Å². The van der Waals surface area contributed by atoms with E-state index in [0.717, 1.165) is 29.3 Å². The second kappa shape index (κ2) is 4.79. The highest BCUT2D eigenvalue weighted by Crippen LogP contribution is 2.30. The largest absolute Gasteiger partial charge is 0.368 e. The summed E-state index contributed by atoms with van der Waals surface area (Å²) in [6, 6.07) is 9.04. The number of hydrogen-bond acceptors (Lipinski definition) is 2. The van der Waals surface area contributed by atoms with Crippen molar-refractivity contribution < 1.29 is 0 Å². The minimum absolute atomic E-state index is 0.536. The van der Waals surface area contributed by atoms with Crippen LogP contribution in [0, 0.1) is 24.2 Å². The third kappa shape index (κ3) is 2.44. The summed E-state index contributed by atoms with van der Waals surface area (Å²) in [5.74, 6) is 0.803. The number of hydrogen-bond donors (Lipinski definition) is 0. The molecule has 0 amide bonds. The van der Waals surface area contributed by atoms with Gasteiger partial charge in [0.25, 0.3) is 0 Å². The molecule has 0 spiro atoms. The molecule has 90 valence electrons. The van der Waals surface area contributed by atoms with Gasteiger partial charge in [-0.3, -0.25) is 0 Å². The van der Waals surface area contributed by atoms with Gasteiger partial charge in [-0.15, -0.1) is 0 Å². The van der Waals surface area contributed by atoms with Crippen molar-refractivity contribution in [3.63, 3.8) is 0 Å². The normalized spacial score (nSPS) is 24.5. The zero-order valence-electron chi connectivity index (χ0n) is 10.9. The molecule has 2 heteroatoms. The van der Waals surface area contributed by atoms with Crippen molar-refractivity contribution in [2.75, 3.05) is 11.4 Å². The molecule has 1 aliphatic rings. The summed E-state index contributed by atoms with van der Waals surface area (Å²) in [5.41, 5.74) is 3.08.